The van der Waals surface area contributed by atoms with Gasteiger partial charge in [0.05, 0.1) is 6.42 Å². The number of amides is 1. The first-order valence-electron chi connectivity index (χ1n) is 8.15. The summed E-state index contributed by atoms with van der Waals surface area (Å²) >= 11 is 1.31. The van der Waals surface area contributed by atoms with Gasteiger partial charge in [0.25, 0.3) is 0 Å². The van der Waals surface area contributed by atoms with Crippen molar-refractivity contribution < 1.29 is 14.3 Å². The van der Waals surface area contributed by atoms with Crippen LogP contribution in [0.15, 0.2) is 41.6 Å². The second-order valence-electron chi connectivity index (χ2n) is 5.43. The molecule has 1 fully saturated rings. The third kappa shape index (κ3) is 4.28. The van der Waals surface area contributed by atoms with E-state index < -0.39 is 0 Å². The number of thiophene rings is 1. The van der Waals surface area contributed by atoms with E-state index in [2.05, 4.69) is 29.5 Å². The van der Waals surface area contributed by atoms with Gasteiger partial charge in [0, 0.05) is 11.1 Å². The van der Waals surface area contributed by atoms with Gasteiger partial charge in [0.15, 0.2) is 6.79 Å². The summed E-state index contributed by atoms with van der Waals surface area (Å²) in [7, 11) is 0. The Morgan fingerprint density at radius 3 is 2.88 bits per heavy atom. The zero-order valence-electron chi connectivity index (χ0n) is 14.9. The maximum Gasteiger partial charge on any atom is 0.230 e. The second-order valence-corrected chi connectivity index (χ2v) is 6.43. The zero-order chi connectivity index (χ0) is 19.1. The van der Waals surface area contributed by atoms with Gasteiger partial charge in [-0.2, -0.15) is 5.26 Å². The molecule has 1 N–H and O–H groups in total. The minimum atomic E-state index is -0.137. The molecule has 3 rings (SSSR count). The van der Waals surface area contributed by atoms with Crippen LogP contribution in [0.2, 0.25) is 0 Å². The Labute approximate surface area is 157 Å². The topological polar surface area (TPSA) is 83.7 Å². The Morgan fingerprint density at radius 1 is 1.50 bits per heavy atom. The normalized spacial score (nSPS) is 17.9. The molecule has 0 bridgehead atoms. The Bertz CT molecular complexity index is 820. The number of hydrogen-bond acceptors (Lipinski definition) is 6. The van der Waals surface area contributed by atoms with Crippen LogP contribution in [0.5, 0.6) is 0 Å². The van der Waals surface area contributed by atoms with Gasteiger partial charge in [-0.05, 0) is 25.0 Å². The van der Waals surface area contributed by atoms with Crippen molar-refractivity contribution in [3.05, 3.63) is 52.6 Å². The lowest BCUT2D eigenvalue weighted by atomic mass is 10.1. The summed E-state index contributed by atoms with van der Waals surface area (Å²) in [5.41, 5.74) is 2.45. The standard InChI is InChI=1S/C17H17N3O3S.C2H4/c1-3-4-11(5-12-8-22-9-23-12)16-19-15(21)6-13-10(2)14(7-18)24-17(13)20-16;1-2/h4-5H,3,6,8-9H2,1-2H3,(H,19,20,21);1-2H2/b11-4+,12-5+;. The van der Waals surface area contributed by atoms with Crippen molar-refractivity contribution in [1.29, 1.82) is 5.26 Å². The zero-order valence-corrected chi connectivity index (χ0v) is 15.7. The monoisotopic (exact) mass is 371 g/mol. The minimum Gasteiger partial charge on any atom is -0.469 e. The van der Waals surface area contributed by atoms with Gasteiger partial charge in [-0.15, -0.1) is 24.5 Å². The number of nitrogens with zero attached hydrogens (tertiary/aromatic N) is 2. The van der Waals surface area contributed by atoms with E-state index in [9.17, 15) is 10.1 Å². The molecule has 3 heterocycles. The number of hydrogen-bond donors (Lipinski definition) is 1. The number of amidine groups is 1. The smallest absolute Gasteiger partial charge is 0.230 e. The summed E-state index contributed by atoms with van der Waals surface area (Å²) in [5.74, 6) is 1.05. The van der Waals surface area contributed by atoms with Gasteiger partial charge in [-0.3, -0.25) is 4.79 Å². The van der Waals surface area contributed by atoms with Crippen molar-refractivity contribution in [2.24, 2.45) is 4.99 Å². The third-order valence-corrected chi connectivity index (χ3v) is 4.88. The lowest BCUT2D eigenvalue weighted by Gasteiger charge is -2.08. The van der Waals surface area contributed by atoms with Gasteiger partial charge in [0.1, 0.15) is 34.1 Å². The van der Waals surface area contributed by atoms with Crippen LogP contribution in [0.3, 0.4) is 0 Å². The molecule has 1 aromatic rings. The molecule has 1 aromatic heterocycles. The Hall–Kier alpha value is -2.69. The fourth-order valence-corrected chi connectivity index (χ4v) is 3.54. The van der Waals surface area contributed by atoms with Crippen LogP contribution < -0.4 is 5.32 Å². The largest absolute Gasteiger partial charge is 0.469 e. The third-order valence-electron chi connectivity index (χ3n) is 3.75. The molecule has 0 radical (unpaired) electrons. The minimum absolute atomic E-state index is 0.137. The first-order chi connectivity index (χ1) is 12.6. The fraction of sp³-hybridized carbons (Fsp3) is 0.316. The predicted octanol–water partition coefficient (Wildman–Crippen LogP) is 3.66. The molecule has 136 valence electrons. The summed E-state index contributed by atoms with van der Waals surface area (Å²) in [6.07, 6.45) is 4.83. The number of rotatable bonds is 3. The summed E-state index contributed by atoms with van der Waals surface area (Å²) in [5, 5.41) is 12.8. The van der Waals surface area contributed by atoms with Crippen molar-refractivity contribution in [2.75, 3.05) is 13.4 Å². The van der Waals surface area contributed by atoms with E-state index in [0.29, 0.717) is 28.1 Å². The van der Waals surface area contributed by atoms with E-state index >= 15 is 0 Å². The van der Waals surface area contributed by atoms with Crippen LogP contribution in [-0.4, -0.2) is 25.1 Å². The van der Waals surface area contributed by atoms with Crippen LogP contribution >= 0.6 is 11.3 Å². The van der Waals surface area contributed by atoms with Crippen molar-refractivity contribution in [2.45, 2.75) is 26.7 Å². The highest BCUT2D eigenvalue weighted by Crippen LogP contribution is 2.36. The molecule has 0 spiro atoms. The lowest BCUT2D eigenvalue weighted by Crippen LogP contribution is -2.31. The Balaban J connectivity index is 0.00000117. The van der Waals surface area contributed by atoms with Crippen LogP contribution in [-0.2, 0) is 20.7 Å². The van der Waals surface area contributed by atoms with Gasteiger partial charge in [-0.25, -0.2) is 4.99 Å². The molecule has 0 saturated carbocycles. The first-order valence-corrected chi connectivity index (χ1v) is 8.96. The summed E-state index contributed by atoms with van der Waals surface area (Å²) in [6, 6.07) is 2.17. The van der Waals surface area contributed by atoms with E-state index in [1.807, 2.05) is 26.0 Å². The first kappa shape index (κ1) is 19.6. The number of ether oxygens (including phenoxy) is 2. The van der Waals surface area contributed by atoms with E-state index in [1.165, 1.54) is 11.3 Å². The molecule has 1 amide bonds. The summed E-state index contributed by atoms with van der Waals surface area (Å²) < 4.78 is 10.6. The summed E-state index contributed by atoms with van der Waals surface area (Å²) in [4.78, 5) is 17.5. The van der Waals surface area contributed by atoms with Crippen molar-refractivity contribution >= 4 is 28.1 Å². The van der Waals surface area contributed by atoms with Crippen LogP contribution in [0, 0.1) is 18.3 Å². The molecule has 6 nitrogen and oxygen atoms in total. The highest BCUT2D eigenvalue weighted by Gasteiger charge is 2.23. The number of carbonyl (C=O) groups is 1. The molecular weight excluding hydrogens is 350 g/mol. The molecular formula is C19H21N3O3S. The van der Waals surface area contributed by atoms with Crippen LogP contribution in [0.4, 0.5) is 5.00 Å². The number of fused-ring (bicyclic) bond motifs is 1. The number of nitriles is 1. The number of allylic oxidation sites excluding steroid dienone is 1. The van der Waals surface area contributed by atoms with Crippen molar-refractivity contribution in [1.82, 2.24) is 5.32 Å². The molecule has 2 aliphatic heterocycles. The molecule has 7 heteroatoms. The molecule has 0 atom stereocenters. The molecule has 0 aliphatic carbocycles. The van der Waals surface area contributed by atoms with Crippen molar-refractivity contribution in [3.63, 3.8) is 0 Å². The second kappa shape index (κ2) is 9.13. The van der Waals surface area contributed by atoms with Gasteiger partial charge in [-0.1, -0.05) is 13.0 Å². The molecule has 2 aliphatic rings. The molecule has 1 saturated heterocycles. The maximum absolute atomic E-state index is 12.3. The average molecular weight is 371 g/mol. The predicted molar refractivity (Wildman–Crippen MR) is 102 cm³/mol. The molecule has 26 heavy (non-hydrogen) atoms. The van der Waals surface area contributed by atoms with E-state index in [4.69, 9.17) is 9.47 Å². The quantitative estimate of drug-likeness (QED) is 0.822. The molecule has 0 unspecified atom stereocenters. The van der Waals surface area contributed by atoms with Crippen molar-refractivity contribution in [3.8, 4) is 6.07 Å². The fourth-order valence-electron chi connectivity index (χ4n) is 2.54. The highest BCUT2D eigenvalue weighted by atomic mass is 32.1. The van der Waals surface area contributed by atoms with E-state index in [-0.39, 0.29) is 19.1 Å². The molecule has 0 aromatic carbocycles. The van der Waals surface area contributed by atoms with E-state index in [0.717, 1.165) is 23.1 Å². The Kier molecular flexibility index (Phi) is 6.89. The SMILES string of the molecule is C=C.CC/C=C(\C=C1/COCO1)C1=Nc2sc(C#N)c(C)c2CC(=O)N1. The van der Waals surface area contributed by atoms with E-state index in [1.54, 1.807) is 0 Å². The Morgan fingerprint density at radius 2 is 2.27 bits per heavy atom. The average Bonchev–Trinajstić information content (AvgIpc) is 3.21. The number of nitrogens with one attached hydrogen (secondary N) is 1. The van der Waals surface area contributed by atoms with Crippen LogP contribution in [0.25, 0.3) is 0 Å². The highest BCUT2D eigenvalue weighted by molar-refractivity contribution is 7.16. The van der Waals surface area contributed by atoms with Crippen LogP contribution in [0.1, 0.15) is 29.3 Å². The van der Waals surface area contributed by atoms with Gasteiger partial charge in [0.2, 0.25) is 5.91 Å². The van der Waals surface area contributed by atoms with Gasteiger partial charge >= 0.3 is 0 Å². The summed E-state index contributed by atoms with van der Waals surface area (Å²) in [6.45, 7) is 10.5. The number of aliphatic imine (C=N–C) groups is 1. The van der Waals surface area contributed by atoms with Gasteiger partial charge < -0.3 is 14.8 Å². The maximum atomic E-state index is 12.3. The lowest BCUT2D eigenvalue weighted by molar-refractivity contribution is -0.119. The number of carbonyl (C=O) groups excluding carboxylic acids is 1.